The molecule has 1 saturated heterocycles. The van der Waals surface area contributed by atoms with Gasteiger partial charge in [-0.3, -0.25) is 4.79 Å². The molecule has 25 heavy (non-hydrogen) atoms. The zero-order valence-electron chi connectivity index (χ0n) is 13.4. The Morgan fingerprint density at radius 1 is 1.16 bits per heavy atom. The molecule has 7 heteroatoms. The van der Waals surface area contributed by atoms with E-state index in [9.17, 15) is 13.6 Å². The average molecular weight is 369 g/mol. The van der Waals surface area contributed by atoms with Crippen LogP contribution in [0, 0.1) is 11.6 Å². The van der Waals surface area contributed by atoms with E-state index in [0.29, 0.717) is 18.7 Å². The predicted molar refractivity (Wildman–Crippen MR) is 92.2 cm³/mol. The van der Waals surface area contributed by atoms with Crippen LogP contribution in [-0.2, 0) is 9.53 Å². The number of morpholine rings is 1. The topological polar surface area (TPSA) is 55.6 Å². The Morgan fingerprint density at radius 2 is 1.88 bits per heavy atom. The highest BCUT2D eigenvalue weighted by atomic mass is 35.5. The van der Waals surface area contributed by atoms with Gasteiger partial charge in [-0.15, -0.1) is 12.4 Å². The highest BCUT2D eigenvalue weighted by Gasteiger charge is 2.29. The number of carbonyl (C=O) groups excluding carboxylic acids is 1. The lowest BCUT2D eigenvalue weighted by atomic mass is 10.0. The number of ether oxygens (including phenoxy) is 1. The van der Waals surface area contributed by atoms with Gasteiger partial charge in [0.15, 0.2) is 11.6 Å². The van der Waals surface area contributed by atoms with Gasteiger partial charge in [-0.05, 0) is 23.3 Å². The van der Waals surface area contributed by atoms with Crippen LogP contribution in [0.4, 0.5) is 8.78 Å². The molecule has 1 heterocycles. The number of benzene rings is 2. The molecule has 2 unspecified atom stereocenters. The summed E-state index contributed by atoms with van der Waals surface area (Å²) in [6, 6.07) is 12.0. The molecule has 2 atom stereocenters. The van der Waals surface area contributed by atoms with Gasteiger partial charge in [-0.25, -0.2) is 8.78 Å². The molecule has 0 aromatic heterocycles. The molecule has 3 rings (SSSR count). The van der Waals surface area contributed by atoms with Crippen LogP contribution in [0.5, 0.6) is 0 Å². The quantitative estimate of drug-likeness (QED) is 0.906. The lowest BCUT2D eigenvalue weighted by Crippen LogP contribution is -2.46. The van der Waals surface area contributed by atoms with Gasteiger partial charge >= 0.3 is 0 Å². The van der Waals surface area contributed by atoms with Crippen molar-refractivity contribution in [2.75, 3.05) is 19.7 Å². The van der Waals surface area contributed by atoms with Gasteiger partial charge in [0.05, 0.1) is 13.2 Å². The first-order chi connectivity index (χ1) is 11.6. The van der Waals surface area contributed by atoms with Crippen molar-refractivity contribution in [2.45, 2.75) is 12.1 Å². The Labute approximate surface area is 151 Å². The minimum absolute atomic E-state index is 0. The van der Waals surface area contributed by atoms with Crippen LogP contribution in [0.2, 0.25) is 0 Å². The van der Waals surface area contributed by atoms with Crippen LogP contribution < -0.4 is 5.73 Å². The van der Waals surface area contributed by atoms with Crippen molar-refractivity contribution < 1.29 is 18.3 Å². The van der Waals surface area contributed by atoms with Crippen LogP contribution in [0.1, 0.15) is 23.3 Å². The molecule has 1 aliphatic rings. The zero-order valence-corrected chi connectivity index (χ0v) is 14.2. The van der Waals surface area contributed by atoms with Gasteiger partial charge in [0, 0.05) is 6.54 Å². The summed E-state index contributed by atoms with van der Waals surface area (Å²) in [5.74, 6) is -2.05. The molecule has 1 fully saturated rings. The first kappa shape index (κ1) is 19.3. The van der Waals surface area contributed by atoms with Crippen molar-refractivity contribution in [3.63, 3.8) is 0 Å². The fraction of sp³-hybridized carbons (Fsp3) is 0.278. The summed E-state index contributed by atoms with van der Waals surface area (Å²) >= 11 is 0. The molecule has 1 aliphatic heterocycles. The number of amides is 1. The third-order valence-electron chi connectivity index (χ3n) is 4.12. The fourth-order valence-electron chi connectivity index (χ4n) is 2.76. The minimum Gasteiger partial charge on any atom is -0.370 e. The largest absolute Gasteiger partial charge is 0.370 e. The molecule has 0 aliphatic carbocycles. The Morgan fingerprint density at radius 3 is 2.56 bits per heavy atom. The van der Waals surface area contributed by atoms with E-state index in [0.717, 1.165) is 17.7 Å². The second-order valence-electron chi connectivity index (χ2n) is 5.71. The molecular formula is C18H19ClF2N2O2. The number of nitrogens with two attached hydrogens (primary N) is 1. The molecule has 2 aromatic rings. The van der Waals surface area contributed by atoms with Gasteiger partial charge in [-0.2, -0.15) is 0 Å². The summed E-state index contributed by atoms with van der Waals surface area (Å²) < 4.78 is 32.1. The Hall–Kier alpha value is -2.02. The van der Waals surface area contributed by atoms with E-state index < -0.39 is 23.8 Å². The maximum Gasteiger partial charge on any atom is 0.244 e. The zero-order chi connectivity index (χ0) is 17.1. The normalized spacial score (nSPS) is 18.4. The van der Waals surface area contributed by atoms with E-state index in [-0.39, 0.29) is 24.9 Å². The molecule has 134 valence electrons. The minimum atomic E-state index is -0.930. The SMILES string of the molecule is Cl.NC(C(=O)N1CCOC(c2ccc(F)c(F)c2)C1)c1ccccc1. The molecule has 0 bridgehead atoms. The summed E-state index contributed by atoms with van der Waals surface area (Å²) in [5.41, 5.74) is 7.29. The lowest BCUT2D eigenvalue weighted by Gasteiger charge is -2.34. The van der Waals surface area contributed by atoms with Crippen molar-refractivity contribution in [3.8, 4) is 0 Å². The fourth-order valence-corrected chi connectivity index (χ4v) is 2.76. The molecule has 1 amide bonds. The van der Waals surface area contributed by atoms with Crippen molar-refractivity contribution >= 4 is 18.3 Å². The Kier molecular flexibility index (Phi) is 6.47. The van der Waals surface area contributed by atoms with E-state index in [2.05, 4.69) is 0 Å². The summed E-state index contributed by atoms with van der Waals surface area (Å²) in [6.45, 7) is 0.987. The van der Waals surface area contributed by atoms with Crippen LogP contribution in [-0.4, -0.2) is 30.5 Å². The second kappa shape index (κ2) is 8.38. The number of hydrogen-bond donors (Lipinski definition) is 1. The first-order valence-electron chi connectivity index (χ1n) is 7.72. The van der Waals surface area contributed by atoms with E-state index in [1.165, 1.54) is 6.07 Å². The second-order valence-corrected chi connectivity index (χ2v) is 5.71. The average Bonchev–Trinajstić information content (AvgIpc) is 2.63. The Bertz CT molecular complexity index is 730. The van der Waals surface area contributed by atoms with E-state index in [1.54, 1.807) is 17.0 Å². The maximum absolute atomic E-state index is 13.4. The van der Waals surface area contributed by atoms with Gasteiger partial charge in [0.25, 0.3) is 0 Å². The highest BCUT2D eigenvalue weighted by molar-refractivity contribution is 5.85. The molecular weight excluding hydrogens is 350 g/mol. The van der Waals surface area contributed by atoms with Crippen molar-refractivity contribution in [3.05, 3.63) is 71.3 Å². The molecule has 0 spiro atoms. The summed E-state index contributed by atoms with van der Waals surface area (Å²) in [6.07, 6.45) is -0.499. The number of carbonyl (C=O) groups is 1. The number of rotatable bonds is 3. The van der Waals surface area contributed by atoms with Crippen LogP contribution >= 0.6 is 12.4 Å². The van der Waals surface area contributed by atoms with Crippen molar-refractivity contribution in [1.29, 1.82) is 0 Å². The van der Waals surface area contributed by atoms with Gasteiger partial charge in [0.1, 0.15) is 12.1 Å². The Balaban J connectivity index is 0.00000225. The van der Waals surface area contributed by atoms with E-state index in [1.807, 2.05) is 18.2 Å². The summed E-state index contributed by atoms with van der Waals surface area (Å²) in [7, 11) is 0. The third kappa shape index (κ3) is 4.34. The number of halogens is 3. The van der Waals surface area contributed by atoms with E-state index >= 15 is 0 Å². The third-order valence-corrected chi connectivity index (χ3v) is 4.12. The highest BCUT2D eigenvalue weighted by Crippen LogP contribution is 2.25. The van der Waals surface area contributed by atoms with Crippen LogP contribution in [0.3, 0.4) is 0 Å². The van der Waals surface area contributed by atoms with Crippen molar-refractivity contribution in [2.24, 2.45) is 5.73 Å². The predicted octanol–water partition coefficient (Wildman–Crippen LogP) is 2.99. The first-order valence-corrected chi connectivity index (χ1v) is 7.72. The number of hydrogen-bond acceptors (Lipinski definition) is 3. The maximum atomic E-state index is 13.4. The molecule has 2 N–H and O–H groups in total. The number of nitrogens with zero attached hydrogens (tertiary/aromatic N) is 1. The van der Waals surface area contributed by atoms with Gasteiger partial charge in [-0.1, -0.05) is 36.4 Å². The molecule has 2 aromatic carbocycles. The molecule has 0 radical (unpaired) electrons. The lowest BCUT2D eigenvalue weighted by molar-refractivity contribution is -0.140. The van der Waals surface area contributed by atoms with Crippen LogP contribution in [0.15, 0.2) is 48.5 Å². The van der Waals surface area contributed by atoms with Gasteiger partial charge in [0.2, 0.25) is 5.91 Å². The summed E-state index contributed by atoms with van der Waals surface area (Å²) in [5, 5.41) is 0. The van der Waals surface area contributed by atoms with E-state index in [4.69, 9.17) is 10.5 Å². The molecule has 4 nitrogen and oxygen atoms in total. The molecule has 0 saturated carbocycles. The summed E-state index contributed by atoms with van der Waals surface area (Å²) in [4.78, 5) is 14.2. The van der Waals surface area contributed by atoms with Gasteiger partial charge < -0.3 is 15.4 Å². The van der Waals surface area contributed by atoms with Crippen LogP contribution in [0.25, 0.3) is 0 Å². The smallest absolute Gasteiger partial charge is 0.244 e. The standard InChI is InChI=1S/C18H18F2N2O2.ClH/c19-14-7-6-13(10-15(14)20)16-11-22(8-9-24-16)18(23)17(21)12-4-2-1-3-5-12;/h1-7,10,16-17H,8-9,11,21H2;1H. The van der Waals surface area contributed by atoms with Crippen molar-refractivity contribution in [1.82, 2.24) is 4.90 Å². The monoisotopic (exact) mass is 368 g/mol.